The van der Waals surface area contributed by atoms with Crippen LogP contribution in [0.5, 0.6) is 5.75 Å². The number of fused-ring (bicyclic) bond motifs is 1. The van der Waals surface area contributed by atoms with Crippen molar-refractivity contribution in [2.45, 2.75) is 20.0 Å². The molecule has 0 amide bonds. The van der Waals surface area contributed by atoms with E-state index < -0.39 is 0 Å². The highest BCUT2D eigenvalue weighted by Crippen LogP contribution is 2.40. The van der Waals surface area contributed by atoms with Gasteiger partial charge in [0.1, 0.15) is 5.52 Å². The van der Waals surface area contributed by atoms with Crippen molar-refractivity contribution in [3.63, 3.8) is 0 Å². The highest BCUT2D eigenvalue weighted by atomic mass is 35.5. The van der Waals surface area contributed by atoms with E-state index >= 15 is 0 Å². The second kappa shape index (κ2) is 6.70. The molecule has 3 aromatic rings. The quantitative estimate of drug-likeness (QED) is 0.635. The van der Waals surface area contributed by atoms with E-state index in [1.807, 2.05) is 46.1 Å². The second-order valence-electron chi connectivity index (χ2n) is 6.24. The maximum atomic E-state index is 6.50. The summed E-state index contributed by atoms with van der Waals surface area (Å²) in [4.78, 5) is 6.58. The van der Waals surface area contributed by atoms with Crippen LogP contribution in [0, 0.1) is 0 Å². The number of hydrogen-bond donors (Lipinski definition) is 0. The van der Waals surface area contributed by atoms with Crippen molar-refractivity contribution in [3.05, 3.63) is 53.7 Å². The molecule has 0 unspecified atom stereocenters. The molecule has 0 fully saturated rings. The Labute approximate surface area is 147 Å². The Bertz CT molecular complexity index is 857. The summed E-state index contributed by atoms with van der Waals surface area (Å²) in [6, 6.07) is 14.2. The molecule has 0 saturated heterocycles. The molecule has 0 aliphatic rings. The van der Waals surface area contributed by atoms with E-state index in [1.54, 1.807) is 6.20 Å². The van der Waals surface area contributed by atoms with Crippen LogP contribution in [0.15, 0.2) is 48.7 Å². The molecule has 2 aromatic carbocycles. The maximum Gasteiger partial charge on any atom is 0.153 e. The van der Waals surface area contributed by atoms with Crippen LogP contribution in [-0.4, -0.2) is 25.2 Å². The summed E-state index contributed by atoms with van der Waals surface area (Å²) < 4.78 is 6.11. The minimum atomic E-state index is 0.0520. The standard InChI is InChI=1S/C20H21ClN2O/c1-13(2)24-20-17(14-7-9-15(10-8-14)23(3)4)12-18(21)16-6-5-11-22-19(16)20/h5-13H,1-4H3. The van der Waals surface area contributed by atoms with E-state index in [4.69, 9.17) is 16.3 Å². The van der Waals surface area contributed by atoms with Crippen molar-refractivity contribution in [2.75, 3.05) is 19.0 Å². The van der Waals surface area contributed by atoms with Crippen LogP contribution in [0.1, 0.15) is 13.8 Å². The van der Waals surface area contributed by atoms with E-state index in [2.05, 4.69) is 34.1 Å². The van der Waals surface area contributed by atoms with E-state index in [9.17, 15) is 0 Å². The summed E-state index contributed by atoms with van der Waals surface area (Å²) in [6.45, 7) is 4.03. The molecule has 0 radical (unpaired) electrons. The Kier molecular flexibility index (Phi) is 4.63. The Hall–Kier alpha value is -2.26. The first kappa shape index (κ1) is 16.6. The SMILES string of the molecule is CC(C)Oc1c(-c2ccc(N(C)C)cc2)cc(Cl)c2cccnc12. The van der Waals surface area contributed by atoms with Crippen LogP contribution in [0.25, 0.3) is 22.0 Å². The smallest absolute Gasteiger partial charge is 0.153 e. The fourth-order valence-corrected chi connectivity index (χ4v) is 2.95. The summed E-state index contributed by atoms with van der Waals surface area (Å²) in [5.74, 6) is 0.780. The van der Waals surface area contributed by atoms with Gasteiger partial charge in [-0.3, -0.25) is 4.98 Å². The largest absolute Gasteiger partial charge is 0.488 e. The van der Waals surface area contributed by atoms with Gasteiger partial charge in [0.2, 0.25) is 0 Å². The molecule has 0 saturated carbocycles. The number of aromatic nitrogens is 1. The molecular formula is C20H21ClN2O. The minimum Gasteiger partial charge on any atom is -0.488 e. The Morgan fingerprint density at radius 1 is 1.08 bits per heavy atom. The molecule has 3 nitrogen and oxygen atoms in total. The summed E-state index contributed by atoms with van der Waals surface area (Å²) in [6.07, 6.45) is 1.82. The van der Waals surface area contributed by atoms with Crippen molar-refractivity contribution < 1.29 is 4.74 Å². The lowest BCUT2D eigenvalue weighted by atomic mass is 10.0. The average molecular weight is 341 g/mol. The van der Waals surface area contributed by atoms with Crippen molar-refractivity contribution in [2.24, 2.45) is 0 Å². The van der Waals surface area contributed by atoms with E-state index in [0.717, 1.165) is 33.5 Å². The first-order valence-corrected chi connectivity index (χ1v) is 8.37. The molecule has 0 bridgehead atoms. The number of anilines is 1. The molecule has 0 aliphatic carbocycles. The maximum absolute atomic E-state index is 6.50. The normalized spacial score (nSPS) is 11.1. The fourth-order valence-electron chi connectivity index (χ4n) is 2.69. The molecule has 3 rings (SSSR count). The highest BCUT2D eigenvalue weighted by Gasteiger charge is 2.16. The third-order valence-electron chi connectivity index (χ3n) is 3.84. The monoisotopic (exact) mass is 340 g/mol. The van der Waals surface area contributed by atoms with Crippen LogP contribution in [0.2, 0.25) is 5.02 Å². The van der Waals surface area contributed by atoms with Gasteiger partial charge in [-0.2, -0.15) is 0 Å². The Morgan fingerprint density at radius 2 is 1.79 bits per heavy atom. The van der Waals surface area contributed by atoms with Crippen molar-refractivity contribution in [1.29, 1.82) is 0 Å². The van der Waals surface area contributed by atoms with Gasteiger partial charge in [-0.25, -0.2) is 0 Å². The number of pyridine rings is 1. The Morgan fingerprint density at radius 3 is 2.42 bits per heavy atom. The van der Waals surface area contributed by atoms with Crippen LogP contribution in [0.4, 0.5) is 5.69 Å². The third kappa shape index (κ3) is 3.17. The van der Waals surface area contributed by atoms with Gasteiger partial charge in [0, 0.05) is 36.9 Å². The van der Waals surface area contributed by atoms with Crippen LogP contribution in [0.3, 0.4) is 0 Å². The number of hydrogen-bond acceptors (Lipinski definition) is 3. The first-order valence-electron chi connectivity index (χ1n) is 7.99. The molecule has 0 atom stereocenters. The molecular weight excluding hydrogens is 320 g/mol. The number of halogens is 1. The molecule has 0 N–H and O–H groups in total. The summed E-state index contributed by atoms with van der Waals surface area (Å²) >= 11 is 6.50. The molecule has 124 valence electrons. The number of nitrogens with zero attached hydrogens (tertiary/aromatic N) is 2. The molecule has 0 aliphatic heterocycles. The van der Waals surface area contributed by atoms with Crippen LogP contribution < -0.4 is 9.64 Å². The van der Waals surface area contributed by atoms with Gasteiger partial charge in [0.25, 0.3) is 0 Å². The topological polar surface area (TPSA) is 25.4 Å². The zero-order valence-electron chi connectivity index (χ0n) is 14.4. The predicted octanol–water partition coefficient (Wildman–Crippen LogP) is 5.41. The highest BCUT2D eigenvalue weighted by molar-refractivity contribution is 6.36. The van der Waals surface area contributed by atoms with Crippen LogP contribution >= 0.6 is 11.6 Å². The summed E-state index contributed by atoms with van der Waals surface area (Å²) in [5.41, 5.74) is 3.97. The van der Waals surface area contributed by atoms with Gasteiger partial charge >= 0.3 is 0 Å². The lowest BCUT2D eigenvalue weighted by Crippen LogP contribution is -2.08. The minimum absolute atomic E-state index is 0.0520. The van der Waals surface area contributed by atoms with Gasteiger partial charge in [-0.15, -0.1) is 0 Å². The van der Waals surface area contributed by atoms with Crippen molar-refractivity contribution in [1.82, 2.24) is 4.98 Å². The fraction of sp³-hybridized carbons (Fsp3) is 0.250. The van der Waals surface area contributed by atoms with Crippen molar-refractivity contribution in [3.8, 4) is 16.9 Å². The third-order valence-corrected chi connectivity index (χ3v) is 4.16. The average Bonchev–Trinajstić information content (AvgIpc) is 2.57. The van der Waals surface area contributed by atoms with Crippen molar-refractivity contribution >= 4 is 28.2 Å². The number of benzene rings is 2. The van der Waals surface area contributed by atoms with Gasteiger partial charge in [-0.1, -0.05) is 23.7 Å². The van der Waals surface area contributed by atoms with Gasteiger partial charge in [0.05, 0.1) is 11.1 Å². The van der Waals surface area contributed by atoms with E-state index in [1.165, 1.54) is 0 Å². The van der Waals surface area contributed by atoms with E-state index in [-0.39, 0.29) is 6.10 Å². The number of ether oxygens (including phenoxy) is 1. The zero-order chi connectivity index (χ0) is 17.3. The zero-order valence-corrected chi connectivity index (χ0v) is 15.1. The molecule has 24 heavy (non-hydrogen) atoms. The summed E-state index contributed by atoms with van der Waals surface area (Å²) in [7, 11) is 4.05. The van der Waals surface area contributed by atoms with Crippen LogP contribution in [-0.2, 0) is 0 Å². The summed E-state index contributed by atoms with van der Waals surface area (Å²) in [5, 5.41) is 1.59. The molecule has 4 heteroatoms. The predicted molar refractivity (Wildman–Crippen MR) is 102 cm³/mol. The van der Waals surface area contributed by atoms with Gasteiger partial charge in [-0.05, 0) is 49.7 Å². The Balaban J connectivity index is 2.22. The second-order valence-corrected chi connectivity index (χ2v) is 6.65. The first-order chi connectivity index (χ1) is 11.5. The molecule has 1 heterocycles. The van der Waals surface area contributed by atoms with Gasteiger partial charge < -0.3 is 9.64 Å². The van der Waals surface area contributed by atoms with E-state index in [0.29, 0.717) is 5.02 Å². The lowest BCUT2D eigenvalue weighted by molar-refractivity contribution is 0.246. The molecule has 1 aromatic heterocycles. The molecule has 0 spiro atoms. The number of rotatable bonds is 4. The van der Waals surface area contributed by atoms with Gasteiger partial charge in [0.15, 0.2) is 5.75 Å². The lowest BCUT2D eigenvalue weighted by Gasteiger charge is -2.18.